The van der Waals surface area contributed by atoms with Crippen molar-refractivity contribution in [2.24, 2.45) is 5.73 Å². The van der Waals surface area contributed by atoms with E-state index in [2.05, 4.69) is 37.5 Å². The Morgan fingerprint density at radius 1 is 0.804 bits per heavy atom. The Kier molecular flexibility index (Phi) is 16.8. The van der Waals surface area contributed by atoms with Crippen LogP contribution in [0.2, 0.25) is 0 Å². The Morgan fingerprint density at radius 2 is 1.41 bits per heavy atom. The third kappa shape index (κ3) is 14.0. The van der Waals surface area contributed by atoms with Gasteiger partial charge in [-0.25, -0.2) is 14.8 Å². The summed E-state index contributed by atoms with van der Waals surface area (Å²) in [6.45, 7) is 2.58. The average molecular weight is 707 g/mol. The van der Waals surface area contributed by atoms with Gasteiger partial charge >= 0.3 is 5.97 Å². The van der Waals surface area contributed by atoms with Gasteiger partial charge in [-0.3, -0.25) is 14.4 Å². The summed E-state index contributed by atoms with van der Waals surface area (Å²) in [6, 6.07) is 4.43. The molecule has 2 heterocycles. The zero-order valence-electron chi connectivity index (χ0n) is 29.9. The molecule has 9 N–H and O–H groups in total. The number of rotatable bonds is 24. The molecule has 51 heavy (non-hydrogen) atoms. The molecule has 0 radical (unpaired) electrons. The average Bonchev–Trinajstić information content (AvgIpc) is 3.09. The zero-order chi connectivity index (χ0) is 37.2. The highest BCUT2D eigenvalue weighted by Gasteiger charge is 2.24. The number of aromatic nitrogens is 4. The summed E-state index contributed by atoms with van der Waals surface area (Å²) >= 11 is 0. The summed E-state index contributed by atoms with van der Waals surface area (Å²) in [5.41, 5.74) is 19.3. The number of carboxylic acids is 1. The van der Waals surface area contributed by atoms with Gasteiger partial charge in [-0.15, -0.1) is 0 Å². The fourth-order valence-corrected chi connectivity index (χ4v) is 5.78. The Hall–Kier alpha value is -5.08. The highest BCUT2D eigenvalue weighted by atomic mass is 16.4. The summed E-state index contributed by atoms with van der Waals surface area (Å²) in [4.78, 5) is 68.0. The van der Waals surface area contributed by atoms with Crippen molar-refractivity contribution < 1.29 is 24.3 Å². The molecule has 0 bridgehead atoms. The lowest BCUT2D eigenvalue weighted by Crippen LogP contribution is -2.45. The van der Waals surface area contributed by atoms with Gasteiger partial charge in [0.25, 0.3) is 5.91 Å². The van der Waals surface area contributed by atoms with E-state index >= 15 is 0 Å². The molecule has 0 aliphatic carbocycles. The van der Waals surface area contributed by atoms with Crippen LogP contribution in [-0.2, 0) is 20.9 Å². The molecule has 3 aromatic rings. The number of benzene rings is 1. The number of anilines is 3. The number of amides is 3. The van der Waals surface area contributed by atoms with E-state index < -0.39 is 35.8 Å². The maximum atomic E-state index is 12.9. The number of carbonyl (C=O) groups is 4. The van der Waals surface area contributed by atoms with Gasteiger partial charge < -0.3 is 37.8 Å². The maximum Gasteiger partial charge on any atom is 0.326 e. The van der Waals surface area contributed by atoms with Crippen LogP contribution in [0.15, 0.2) is 30.5 Å². The molecule has 1 unspecified atom stereocenters. The number of hydrogen-bond donors (Lipinski definition) is 6. The number of aliphatic carboxylic acids is 1. The third-order valence-corrected chi connectivity index (χ3v) is 8.76. The Balaban J connectivity index is 1.40. The minimum absolute atomic E-state index is 0.0113. The smallest absolute Gasteiger partial charge is 0.326 e. The number of primary amides is 1. The first-order valence-corrected chi connectivity index (χ1v) is 18.0. The van der Waals surface area contributed by atoms with Gasteiger partial charge in [0.1, 0.15) is 12.1 Å². The van der Waals surface area contributed by atoms with Crippen molar-refractivity contribution in [3.63, 3.8) is 0 Å². The monoisotopic (exact) mass is 706 g/mol. The molecule has 1 aromatic carbocycles. The molecule has 0 aliphatic rings. The molecule has 2 aromatic heterocycles. The topological polar surface area (TPSA) is 245 Å². The van der Waals surface area contributed by atoms with Crippen LogP contribution in [0.4, 0.5) is 17.5 Å². The lowest BCUT2D eigenvalue weighted by Gasteiger charge is -2.20. The van der Waals surface area contributed by atoms with E-state index in [0.717, 1.165) is 31.4 Å². The van der Waals surface area contributed by atoms with Crippen LogP contribution < -0.4 is 32.7 Å². The van der Waals surface area contributed by atoms with Crippen molar-refractivity contribution in [2.45, 2.75) is 122 Å². The second-order valence-electron chi connectivity index (χ2n) is 13.0. The molecular formula is C36H54N10O5. The van der Waals surface area contributed by atoms with Gasteiger partial charge in [-0.05, 0) is 37.1 Å². The third-order valence-electron chi connectivity index (χ3n) is 8.76. The predicted molar refractivity (Wildman–Crippen MR) is 197 cm³/mol. The minimum Gasteiger partial charge on any atom is -0.480 e. The van der Waals surface area contributed by atoms with Gasteiger partial charge in [-0.2, -0.15) is 9.97 Å². The first-order chi connectivity index (χ1) is 24.5. The van der Waals surface area contributed by atoms with Crippen molar-refractivity contribution in [3.05, 3.63) is 41.7 Å². The number of nitrogens with zero attached hydrogens (tertiary/aromatic N) is 5. The number of unbranched alkanes of at least 4 members (excludes halogenated alkanes) is 11. The van der Waals surface area contributed by atoms with E-state index in [1.807, 2.05) is 11.9 Å². The molecule has 3 amide bonds. The van der Waals surface area contributed by atoms with Gasteiger partial charge in [-0.1, -0.05) is 84.0 Å². The van der Waals surface area contributed by atoms with Crippen molar-refractivity contribution in [3.8, 4) is 0 Å². The van der Waals surface area contributed by atoms with E-state index in [0.29, 0.717) is 29.8 Å². The quantitative estimate of drug-likeness (QED) is 0.0716. The van der Waals surface area contributed by atoms with Gasteiger partial charge in [0.15, 0.2) is 17.0 Å². The summed E-state index contributed by atoms with van der Waals surface area (Å²) in [6.07, 6.45) is 15.8. The molecule has 0 saturated carbocycles. The summed E-state index contributed by atoms with van der Waals surface area (Å²) in [7, 11) is 1.83. The molecule has 278 valence electrons. The molecule has 3 rings (SSSR count). The van der Waals surface area contributed by atoms with Crippen molar-refractivity contribution >= 4 is 52.3 Å². The summed E-state index contributed by atoms with van der Waals surface area (Å²) < 4.78 is 0. The predicted octanol–water partition coefficient (Wildman–Crippen LogP) is 4.25. The number of carboxylic acid groups (broad SMARTS) is 1. The van der Waals surface area contributed by atoms with Gasteiger partial charge in [0.2, 0.25) is 17.8 Å². The van der Waals surface area contributed by atoms with Crippen LogP contribution >= 0.6 is 0 Å². The highest BCUT2D eigenvalue weighted by Crippen LogP contribution is 2.19. The van der Waals surface area contributed by atoms with Crippen molar-refractivity contribution in [1.82, 2.24) is 30.6 Å². The van der Waals surface area contributed by atoms with Crippen LogP contribution in [0, 0.1) is 0 Å². The van der Waals surface area contributed by atoms with Crippen LogP contribution in [0.3, 0.4) is 0 Å². The van der Waals surface area contributed by atoms with E-state index in [9.17, 15) is 24.3 Å². The molecular weight excluding hydrogens is 652 g/mol. The molecule has 15 heteroatoms. The molecule has 0 saturated heterocycles. The molecule has 0 aliphatic heterocycles. The Morgan fingerprint density at radius 3 is 2.00 bits per heavy atom. The standard InChI is InChI=1S/C36H54N10O5/c1-3-4-5-6-7-8-9-10-11-12-13-14-15-27(32(38)48)42-29(47)21-20-28(35(50)51)43-34(49)24-16-18-26(19-17-24)46(2)23-25-22-40-33-30(41-25)31(37)44-36(39)45-33/h16-19,22,27-28H,3-15,20-21,23H2,1-2H3,(H2,38,48)(H,42,47)(H,43,49)(H,50,51)(H4,37,39,40,44,45)/t27?,28-/m0/s1. The lowest BCUT2D eigenvalue weighted by molar-refractivity contribution is -0.139. The van der Waals surface area contributed by atoms with Gasteiger partial charge in [0.05, 0.1) is 18.4 Å². The van der Waals surface area contributed by atoms with E-state index in [4.69, 9.17) is 17.2 Å². The second kappa shape index (κ2) is 21.2. The van der Waals surface area contributed by atoms with Crippen molar-refractivity contribution in [1.29, 1.82) is 0 Å². The van der Waals surface area contributed by atoms with Crippen LogP contribution in [-0.4, -0.2) is 67.9 Å². The normalized spacial score (nSPS) is 12.3. The van der Waals surface area contributed by atoms with Crippen LogP contribution in [0.5, 0.6) is 0 Å². The van der Waals surface area contributed by atoms with E-state index in [1.54, 1.807) is 30.5 Å². The number of nitrogen functional groups attached to an aromatic ring is 2. The zero-order valence-corrected chi connectivity index (χ0v) is 29.9. The number of nitrogens with one attached hydrogen (secondary N) is 2. The molecule has 15 nitrogen and oxygen atoms in total. The van der Waals surface area contributed by atoms with Crippen molar-refractivity contribution in [2.75, 3.05) is 23.4 Å². The summed E-state index contributed by atoms with van der Waals surface area (Å²) in [5, 5.41) is 14.8. The highest BCUT2D eigenvalue weighted by molar-refractivity contribution is 5.97. The SMILES string of the molecule is CCCCCCCCCCCCCCC(NC(=O)CC[C@H](NC(=O)c1ccc(N(C)Cc2cnc3nc(N)nc(N)c3n2)cc1)C(=O)O)C(N)=O. The molecule has 0 fully saturated rings. The van der Waals surface area contributed by atoms with E-state index in [-0.39, 0.29) is 30.2 Å². The first-order valence-electron chi connectivity index (χ1n) is 18.0. The number of nitrogens with two attached hydrogens (primary N) is 3. The van der Waals surface area contributed by atoms with E-state index in [1.165, 1.54) is 51.4 Å². The first kappa shape index (κ1) is 40.4. The number of fused-ring (bicyclic) bond motifs is 1. The maximum absolute atomic E-state index is 12.9. The largest absolute Gasteiger partial charge is 0.480 e. The summed E-state index contributed by atoms with van der Waals surface area (Å²) in [5.74, 6) is -2.86. The molecule has 2 atom stereocenters. The van der Waals surface area contributed by atoms with Gasteiger partial charge in [0, 0.05) is 24.7 Å². The Labute approximate surface area is 299 Å². The Bertz CT molecular complexity index is 1590. The fourth-order valence-electron chi connectivity index (χ4n) is 5.78. The lowest BCUT2D eigenvalue weighted by atomic mass is 10.0. The van der Waals surface area contributed by atoms with Crippen LogP contribution in [0.25, 0.3) is 11.2 Å². The minimum atomic E-state index is -1.31. The second-order valence-corrected chi connectivity index (χ2v) is 13.0. The number of carbonyl (C=O) groups excluding carboxylic acids is 3. The van der Waals surface area contributed by atoms with Crippen LogP contribution in [0.1, 0.15) is 119 Å². The molecule has 0 spiro atoms. The fraction of sp³-hybridized carbons (Fsp3) is 0.556. The number of hydrogen-bond acceptors (Lipinski definition) is 11.